The maximum absolute atomic E-state index is 13.6. The maximum atomic E-state index is 13.6. The second kappa shape index (κ2) is 9.02. The molecule has 3 fully saturated rings. The Morgan fingerprint density at radius 2 is 1.50 bits per heavy atom. The fourth-order valence-electron chi connectivity index (χ4n) is 5.13. The Kier molecular flexibility index (Phi) is 6.89. The summed E-state index contributed by atoms with van der Waals surface area (Å²) in [6.07, 6.45) is 8.33. The van der Waals surface area contributed by atoms with Crippen molar-refractivity contribution in [3.05, 3.63) is 0 Å². The number of hydrogen-bond donors (Lipinski definition) is 1. The zero-order valence-corrected chi connectivity index (χ0v) is 18.4. The highest BCUT2D eigenvalue weighted by atomic mass is 16.2. The predicted molar refractivity (Wildman–Crippen MR) is 112 cm³/mol. The van der Waals surface area contributed by atoms with Gasteiger partial charge in [-0.05, 0) is 65.7 Å². The van der Waals surface area contributed by atoms with Crippen LogP contribution >= 0.6 is 0 Å². The van der Waals surface area contributed by atoms with Gasteiger partial charge in [0.25, 0.3) is 0 Å². The third kappa shape index (κ3) is 5.19. The Morgan fingerprint density at radius 1 is 0.893 bits per heavy atom. The fourth-order valence-corrected chi connectivity index (χ4v) is 5.13. The topological polar surface area (TPSA) is 55.9 Å². The van der Waals surface area contributed by atoms with Crippen molar-refractivity contribution in [2.75, 3.05) is 32.7 Å². The average Bonchev–Trinajstić information content (AvgIpc) is 3.15. The highest BCUT2D eigenvalue weighted by Crippen LogP contribution is 2.33. The van der Waals surface area contributed by atoms with Crippen LogP contribution in [0.3, 0.4) is 0 Å². The third-order valence-electron chi connectivity index (χ3n) is 6.66. The number of carbonyl (C=O) groups is 2. The molecule has 0 aromatic heterocycles. The maximum Gasteiger partial charge on any atom is 0.317 e. The molecule has 2 saturated heterocycles. The summed E-state index contributed by atoms with van der Waals surface area (Å²) in [5, 5.41) is 3.06. The predicted octanol–water partition coefficient (Wildman–Crippen LogP) is 3.07. The standard InChI is InChI=1S/C22H40N4O2/c1-17-9-7-8-12-26(17)20(27)19(18-10-5-6-11-18)24-13-15-25(16-14-24)21(28)23-22(2,3)4/h17-19H,5-16H2,1-4H3,(H,23,28). The van der Waals surface area contributed by atoms with Crippen LogP contribution in [-0.2, 0) is 4.79 Å². The summed E-state index contributed by atoms with van der Waals surface area (Å²) < 4.78 is 0. The van der Waals surface area contributed by atoms with E-state index in [1.807, 2.05) is 25.7 Å². The summed E-state index contributed by atoms with van der Waals surface area (Å²) >= 11 is 0. The Hall–Kier alpha value is -1.30. The van der Waals surface area contributed by atoms with E-state index >= 15 is 0 Å². The molecule has 2 atom stereocenters. The lowest BCUT2D eigenvalue weighted by Gasteiger charge is -2.44. The van der Waals surface area contributed by atoms with E-state index in [2.05, 4.69) is 22.0 Å². The van der Waals surface area contributed by atoms with Gasteiger partial charge in [-0.1, -0.05) is 12.8 Å². The van der Waals surface area contributed by atoms with Crippen LogP contribution in [0.2, 0.25) is 0 Å². The van der Waals surface area contributed by atoms with Gasteiger partial charge < -0.3 is 15.1 Å². The molecule has 3 aliphatic rings. The summed E-state index contributed by atoms with van der Waals surface area (Å²) in [5.74, 6) is 0.836. The average molecular weight is 393 g/mol. The first-order chi connectivity index (χ1) is 13.3. The minimum atomic E-state index is -0.221. The molecule has 1 N–H and O–H groups in total. The normalized spacial score (nSPS) is 26.4. The molecule has 0 aromatic carbocycles. The zero-order valence-electron chi connectivity index (χ0n) is 18.4. The second-order valence-corrected chi connectivity index (χ2v) is 10.1. The van der Waals surface area contributed by atoms with E-state index in [9.17, 15) is 9.59 Å². The number of amides is 3. The highest BCUT2D eigenvalue weighted by Gasteiger charge is 2.40. The lowest BCUT2D eigenvalue weighted by atomic mass is 9.92. The van der Waals surface area contributed by atoms with Crippen LogP contribution in [0.4, 0.5) is 4.79 Å². The zero-order chi connectivity index (χ0) is 20.3. The van der Waals surface area contributed by atoms with Crippen LogP contribution in [0.15, 0.2) is 0 Å². The first kappa shape index (κ1) is 21.4. The molecule has 6 heteroatoms. The monoisotopic (exact) mass is 392 g/mol. The van der Waals surface area contributed by atoms with Crippen LogP contribution in [-0.4, -0.2) is 77.0 Å². The van der Waals surface area contributed by atoms with E-state index in [0.717, 1.165) is 32.5 Å². The molecule has 3 rings (SSSR count). The molecule has 1 saturated carbocycles. The van der Waals surface area contributed by atoms with Gasteiger partial charge in [0.2, 0.25) is 5.91 Å². The van der Waals surface area contributed by atoms with Crippen molar-refractivity contribution in [3.63, 3.8) is 0 Å². The van der Waals surface area contributed by atoms with E-state index < -0.39 is 0 Å². The van der Waals surface area contributed by atoms with E-state index in [1.54, 1.807) is 0 Å². The quantitative estimate of drug-likeness (QED) is 0.803. The summed E-state index contributed by atoms with van der Waals surface area (Å²) in [5.41, 5.74) is -0.221. The van der Waals surface area contributed by atoms with E-state index in [1.165, 1.54) is 32.1 Å². The lowest BCUT2D eigenvalue weighted by molar-refractivity contribution is -0.143. The van der Waals surface area contributed by atoms with Crippen LogP contribution in [0.25, 0.3) is 0 Å². The molecule has 28 heavy (non-hydrogen) atoms. The van der Waals surface area contributed by atoms with Crippen molar-refractivity contribution >= 4 is 11.9 Å². The minimum Gasteiger partial charge on any atom is -0.339 e. The van der Waals surface area contributed by atoms with Crippen molar-refractivity contribution in [2.45, 2.75) is 90.3 Å². The van der Waals surface area contributed by atoms with E-state index in [0.29, 0.717) is 31.0 Å². The van der Waals surface area contributed by atoms with Gasteiger partial charge in [0.15, 0.2) is 0 Å². The summed E-state index contributed by atoms with van der Waals surface area (Å²) in [6, 6.07) is 0.389. The largest absolute Gasteiger partial charge is 0.339 e. The molecular formula is C22H40N4O2. The number of hydrogen-bond acceptors (Lipinski definition) is 3. The molecule has 1 aliphatic carbocycles. The van der Waals surface area contributed by atoms with Gasteiger partial charge in [0.1, 0.15) is 0 Å². The second-order valence-electron chi connectivity index (χ2n) is 10.1. The first-order valence-corrected chi connectivity index (χ1v) is 11.4. The molecule has 2 unspecified atom stereocenters. The number of nitrogens with zero attached hydrogens (tertiary/aromatic N) is 3. The molecule has 2 heterocycles. The number of likely N-dealkylation sites (tertiary alicyclic amines) is 1. The Bertz CT molecular complexity index is 545. The van der Waals surface area contributed by atoms with Crippen molar-refractivity contribution in [2.24, 2.45) is 5.92 Å². The molecule has 0 aromatic rings. The van der Waals surface area contributed by atoms with Crippen LogP contribution in [0.1, 0.15) is 72.6 Å². The minimum absolute atomic E-state index is 0.0101. The van der Waals surface area contributed by atoms with E-state index in [-0.39, 0.29) is 17.6 Å². The van der Waals surface area contributed by atoms with Crippen molar-refractivity contribution in [1.29, 1.82) is 0 Å². The van der Waals surface area contributed by atoms with Crippen molar-refractivity contribution in [1.82, 2.24) is 20.0 Å². The van der Waals surface area contributed by atoms with Gasteiger partial charge in [0.05, 0.1) is 6.04 Å². The summed E-state index contributed by atoms with van der Waals surface area (Å²) in [7, 11) is 0. The number of nitrogens with one attached hydrogen (secondary N) is 1. The van der Waals surface area contributed by atoms with Gasteiger partial charge in [0, 0.05) is 44.3 Å². The number of rotatable bonds is 3. The molecule has 0 spiro atoms. The van der Waals surface area contributed by atoms with Gasteiger partial charge in [-0.15, -0.1) is 0 Å². The molecular weight excluding hydrogens is 352 g/mol. The molecule has 3 amide bonds. The summed E-state index contributed by atoms with van der Waals surface area (Å²) in [4.78, 5) is 32.5. The Morgan fingerprint density at radius 3 is 2.07 bits per heavy atom. The summed E-state index contributed by atoms with van der Waals surface area (Å²) in [6.45, 7) is 12.2. The van der Waals surface area contributed by atoms with Crippen LogP contribution in [0, 0.1) is 5.92 Å². The molecule has 160 valence electrons. The van der Waals surface area contributed by atoms with Crippen molar-refractivity contribution in [3.8, 4) is 0 Å². The smallest absolute Gasteiger partial charge is 0.317 e. The van der Waals surface area contributed by atoms with Gasteiger partial charge in [-0.25, -0.2) is 4.79 Å². The Balaban J connectivity index is 1.65. The van der Waals surface area contributed by atoms with Crippen LogP contribution in [0.5, 0.6) is 0 Å². The molecule has 0 bridgehead atoms. The fraction of sp³-hybridized carbons (Fsp3) is 0.909. The van der Waals surface area contributed by atoms with Gasteiger partial charge in [-0.3, -0.25) is 9.69 Å². The highest BCUT2D eigenvalue weighted by molar-refractivity contribution is 5.83. The van der Waals surface area contributed by atoms with Gasteiger partial charge >= 0.3 is 6.03 Å². The first-order valence-electron chi connectivity index (χ1n) is 11.4. The Labute approximate surface area is 171 Å². The van der Waals surface area contributed by atoms with Gasteiger partial charge in [-0.2, -0.15) is 0 Å². The number of piperidine rings is 1. The SMILES string of the molecule is CC1CCCCN1C(=O)C(C1CCCC1)N1CCN(C(=O)NC(C)(C)C)CC1. The third-order valence-corrected chi connectivity index (χ3v) is 6.66. The number of piperazine rings is 1. The molecule has 2 aliphatic heterocycles. The number of carbonyl (C=O) groups excluding carboxylic acids is 2. The van der Waals surface area contributed by atoms with Crippen LogP contribution < -0.4 is 5.32 Å². The molecule has 6 nitrogen and oxygen atoms in total. The number of urea groups is 1. The van der Waals surface area contributed by atoms with E-state index in [4.69, 9.17) is 0 Å². The lowest BCUT2D eigenvalue weighted by Crippen LogP contribution is -2.61. The van der Waals surface area contributed by atoms with Crippen molar-refractivity contribution < 1.29 is 9.59 Å². The molecule has 0 radical (unpaired) electrons.